The van der Waals surface area contributed by atoms with E-state index in [2.05, 4.69) is 137 Å². The third-order valence-corrected chi connectivity index (χ3v) is 7.93. The Morgan fingerprint density at radius 2 is 0.950 bits per heavy atom. The van der Waals surface area contributed by atoms with Gasteiger partial charge in [0, 0.05) is 32.9 Å². The van der Waals surface area contributed by atoms with Gasteiger partial charge in [0.2, 0.25) is 0 Å². The van der Waals surface area contributed by atoms with Crippen LogP contribution in [0.3, 0.4) is 0 Å². The summed E-state index contributed by atoms with van der Waals surface area (Å²) in [4.78, 5) is 0. The van der Waals surface area contributed by atoms with Gasteiger partial charge >= 0.3 is 0 Å². The Hall–Kier alpha value is -5.59. The zero-order valence-corrected chi connectivity index (χ0v) is 21.6. The van der Waals surface area contributed by atoms with Gasteiger partial charge in [-0.3, -0.25) is 0 Å². The molecular weight excluding hydrogens is 486 g/mol. The maximum Gasteiger partial charge on any atom is 0.0991 e. The molecule has 0 atom stereocenters. The van der Waals surface area contributed by atoms with Gasteiger partial charge in [-0.15, -0.1) is 0 Å². The Labute approximate surface area is 231 Å². The van der Waals surface area contributed by atoms with Crippen molar-refractivity contribution < 1.29 is 0 Å². The molecule has 0 aliphatic rings. The maximum absolute atomic E-state index is 9.64. The number of nitriles is 1. The van der Waals surface area contributed by atoms with Crippen LogP contribution in [0.15, 0.2) is 140 Å². The molecule has 0 N–H and O–H groups in total. The molecule has 0 saturated heterocycles. The van der Waals surface area contributed by atoms with Crippen molar-refractivity contribution in [1.29, 1.82) is 5.26 Å². The summed E-state index contributed by atoms with van der Waals surface area (Å²) in [5.41, 5.74) is 9.82. The minimum absolute atomic E-state index is 0.665. The molecule has 0 fully saturated rings. The Kier molecular flexibility index (Phi) is 4.89. The highest BCUT2D eigenvalue weighted by molar-refractivity contribution is 6.11. The van der Waals surface area contributed by atoms with Crippen LogP contribution in [0.2, 0.25) is 0 Å². The molecule has 0 saturated carbocycles. The molecule has 0 unspecified atom stereocenters. The number of para-hydroxylation sites is 3. The third-order valence-electron chi connectivity index (χ3n) is 7.93. The molecule has 3 nitrogen and oxygen atoms in total. The number of fused-ring (bicyclic) bond motifs is 6. The van der Waals surface area contributed by atoms with Gasteiger partial charge in [0.05, 0.1) is 33.7 Å². The summed E-state index contributed by atoms with van der Waals surface area (Å²) in [6.45, 7) is 0. The van der Waals surface area contributed by atoms with Crippen LogP contribution in [0.5, 0.6) is 0 Å². The highest BCUT2D eigenvalue weighted by Gasteiger charge is 2.15. The third kappa shape index (κ3) is 3.30. The average Bonchev–Trinajstić information content (AvgIpc) is 3.53. The lowest BCUT2D eigenvalue weighted by Gasteiger charge is -2.11. The first kappa shape index (κ1) is 22.4. The van der Waals surface area contributed by atoms with Crippen LogP contribution in [0, 0.1) is 11.3 Å². The van der Waals surface area contributed by atoms with Crippen LogP contribution in [0.1, 0.15) is 5.56 Å². The van der Waals surface area contributed by atoms with Gasteiger partial charge in [-0.1, -0.05) is 72.8 Å². The SMILES string of the molecule is N#Cc1ccc2c(c1)c1cc(-c3cccc(-n4c5ccccc5c5ccccc54)c3)ccc1n2-c1ccccc1. The topological polar surface area (TPSA) is 33.6 Å². The second kappa shape index (κ2) is 8.73. The highest BCUT2D eigenvalue weighted by Crippen LogP contribution is 2.37. The molecule has 0 bridgehead atoms. The molecular formula is C37H23N3. The van der Waals surface area contributed by atoms with Crippen LogP contribution in [-0.2, 0) is 0 Å². The van der Waals surface area contributed by atoms with Crippen molar-refractivity contribution in [3.05, 3.63) is 145 Å². The fraction of sp³-hybridized carbons (Fsp3) is 0. The maximum atomic E-state index is 9.64. The predicted octanol–water partition coefficient (Wildman–Crippen LogP) is 9.42. The summed E-state index contributed by atoms with van der Waals surface area (Å²) in [5, 5.41) is 14.4. The van der Waals surface area contributed by atoms with Crippen LogP contribution in [-0.4, -0.2) is 9.13 Å². The van der Waals surface area contributed by atoms with Gasteiger partial charge in [-0.25, -0.2) is 0 Å². The average molecular weight is 510 g/mol. The second-order valence-electron chi connectivity index (χ2n) is 10.2. The fourth-order valence-electron chi connectivity index (χ4n) is 6.15. The van der Waals surface area contributed by atoms with E-state index in [1.54, 1.807) is 0 Å². The number of rotatable bonds is 3. The molecule has 8 rings (SSSR count). The number of benzene rings is 6. The summed E-state index contributed by atoms with van der Waals surface area (Å²) in [6.07, 6.45) is 0. The summed E-state index contributed by atoms with van der Waals surface area (Å²) in [6, 6.07) is 51.3. The lowest BCUT2D eigenvalue weighted by molar-refractivity contribution is 1.18. The highest BCUT2D eigenvalue weighted by atomic mass is 15.0. The number of hydrogen-bond donors (Lipinski definition) is 0. The molecule has 0 aliphatic heterocycles. The lowest BCUT2D eigenvalue weighted by Crippen LogP contribution is -1.94. The van der Waals surface area contributed by atoms with E-state index < -0.39 is 0 Å². The van der Waals surface area contributed by atoms with Crippen LogP contribution in [0.4, 0.5) is 0 Å². The van der Waals surface area contributed by atoms with E-state index in [0.29, 0.717) is 5.56 Å². The molecule has 6 aromatic carbocycles. The number of hydrogen-bond acceptors (Lipinski definition) is 1. The van der Waals surface area contributed by atoms with E-state index in [4.69, 9.17) is 0 Å². The van der Waals surface area contributed by atoms with Crippen molar-refractivity contribution in [2.45, 2.75) is 0 Å². The van der Waals surface area contributed by atoms with Crippen molar-refractivity contribution in [3.63, 3.8) is 0 Å². The largest absolute Gasteiger partial charge is 0.309 e. The van der Waals surface area contributed by atoms with Crippen LogP contribution in [0.25, 0.3) is 66.1 Å². The molecule has 0 radical (unpaired) electrons. The zero-order valence-electron chi connectivity index (χ0n) is 21.6. The monoisotopic (exact) mass is 509 g/mol. The molecule has 2 aromatic heterocycles. The quantitative estimate of drug-likeness (QED) is 0.233. The van der Waals surface area contributed by atoms with Crippen molar-refractivity contribution >= 4 is 43.6 Å². The van der Waals surface area contributed by atoms with Gasteiger partial charge < -0.3 is 9.13 Å². The normalized spacial score (nSPS) is 11.5. The van der Waals surface area contributed by atoms with E-state index >= 15 is 0 Å². The molecule has 0 spiro atoms. The van der Waals surface area contributed by atoms with Gasteiger partial charge in [-0.2, -0.15) is 5.26 Å². The van der Waals surface area contributed by atoms with E-state index in [9.17, 15) is 5.26 Å². The van der Waals surface area contributed by atoms with E-state index in [0.717, 1.165) is 44.3 Å². The first-order chi connectivity index (χ1) is 19.8. The van der Waals surface area contributed by atoms with Gasteiger partial charge in [0.25, 0.3) is 0 Å². The molecule has 0 aliphatic carbocycles. The Bertz CT molecular complexity index is 2220. The summed E-state index contributed by atoms with van der Waals surface area (Å²) >= 11 is 0. The van der Waals surface area contributed by atoms with E-state index in [1.165, 1.54) is 21.8 Å². The zero-order chi connectivity index (χ0) is 26.6. The van der Waals surface area contributed by atoms with Gasteiger partial charge in [-0.05, 0) is 77.9 Å². The molecule has 8 aromatic rings. The number of nitrogens with zero attached hydrogens (tertiary/aromatic N) is 3. The van der Waals surface area contributed by atoms with Crippen LogP contribution >= 0.6 is 0 Å². The smallest absolute Gasteiger partial charge is 0.0991 e. The first-order valence-corrected chi connectivity index (χ1v) is 13.4. The summed E-state index contributed by atoms with van der Waals surface area (Å²) < 4.78 is 4.64. The van der Waals surface area contributed by atoms with Crippen molar-refractivity contribution in [3.8, 4) is 28.6 Å². The Balaban J connectivity index is 1.35. The molecule has 2 heterocycles. The van der Waals surface area contributed by atoms with Gasteiger partial charge in [0.1, 0.15) is 0 Å². The van der Waals surface area contributed by atoms with Crippen molar-refractivity contribution in [1.82, 2.24) is 9.13 Å². The van der Waals surface area contributed by atoms with Crippen molar-refractivity contribution in [2.75, 3.05) is 0 Å². The van der Waals surface area contributed by atoms with Crippen LogP contribution < -0.4 is 0 Å². The molecule has 3 heteroatoms. The van der Waals surface area contributed by atoms with Gasteiger partial charge in [0.15, 0.2) is 0 Å². The predicted molar refractivity (Wildman–Crippen MR) is 165 cm³/mol. The molecule has 40 heavy (non-hydrogen) atoms. The minimum Gasteiger partial charge on any atom is -0.309 e. The standard InChI is InChI=1S/C37H23N3/c38-24-25-17-19-36-32(21-25)33-23-27(18-20-37(33)39(36)28-10-2-1-3-11-28)26-9-8-12-29(22-26)40-34-15-6-4-13-30(34)31-14-5-7-16-35(31)40/h1-23H. The lowest BCUT2D eigenvalue weighted by atomic mass is 10.0. The second-order valence-corrected chi connectivity index (χ2v) is 10.2. The van der Waals surface area contributed by atoms with E-state index in [-0.39, 0.29) is 0 Å². The molecule has 186 valence electrons. The van der Waals surface area contributed by atoms with E-state index in [1.807, 2.05) is 18.2 Å². The first-order valence-electron chi connectivity index (χ1n) is 13.4. The number of aromatic nitrogens is 2. The Morgan fingerprint density at radius 1 is 0.400 bits per heavy atom. The summed E-state index contributed by atoms with van der Waals surface area (Å²) in [7, 11) is 0. The Morgan fingerprint density at radius 3 is 1.68 bits per heavy atom. The van der Waals surface area contributed by atoms with Crippen molar-refractivity contribution in [2.24, 2.45) is 0 Å². The fourth-order valence-corrected chi connectivity index (χ4v) is 6.15. The molecule has 0 amide bonds. The summed E-state index contributed by atoms with van der Waals surface area (Å²) in [5.74, 6) is 0. The minimum atomic E-state index is 0.665.